The average molecular weight is 341 g/mol. The van der Waals surface area contributed by atoms with Crippen LogP contribution in [0.2, 0.25) is 0 Å². The van der Waals surface area contributed by atoms with Crippen molar-refractivity contribution in [3.63, 3.8) is 0 Å². The lowest BCUT2D eigenvalue weighted by Gasteiger charge is -2.31. The standard InChI is InChI=1S/C17H24O3S2/c1-16(2,3)12-9-11(15-21-7-8-22(15,19)20)10-13(14(12)18)17(4,5)6/h9-10H,7-8H2,1-6H3. The van der Waals surface area contributed by atoms with E-state index in [1.54, 1.807) is 12.2 Å². The Kier molecular flexibility index (Phi) is 4.29. The minimum absolute atomic E-state index is 0.0322. The van der Waals surface area contributed by atoms with Crippen LogP contribution in [0.3, 0.4) is 0 Å². The summed E-state index contributed by atoms with van der Waals surface area (Å²) in [6, 6.07) is 0. The van der Waals surface area contributed by atoms with Gasteiger partial charge in [-0.25, -0.2) is 8.42 Å². The summed E-state index contributed by atoms with van der Waals surface area (Å²) < 4.78 is 24.9. The lowest BCUT2D eigenvalue weighted by Crippen LogP contribution is -2.28. The van der Waals surface area contributed by atoms with Gasteiger partial charge in [-0.15, -0.1) is 11.8 Å². The Balaban J connectivity index is 2.73. The molecule has 1 fully saturated rings. The summed E-state index contributed by atoms with van der Waals surface area (Å²) in [7, 11) is -3.20. The van der Waals surface area contributed by atoms with Crippen LogP contribution in [0, 0.1) is 10.8 Å². The van der Waals surface area contributed by atoms with Crippen LogP contribution in [0.15, 0.2) is 33.1 Å². The number of rotatable bonds is 0. The number of sulfone groups is 1. The normalized spacial score (nSPS) is 22.7. The van der Waals surface area contributed by atoms with E-state index in [4.69, 9.17) is 0 Å². The maximum Gasteiger partial charge on any atom is 0.186 e. The summed E-state index contributed by atoms with van der Waals surface area (Å²) >= 11 is 1.37. The zero-order valence-corrected chi connectivity index (χ0v) is 15.7. The Hall–Kier alpha value is -0.810. The molecule has 0 aromatic heterocycles. The van der Waals surface area contributed by atoms with Gasteiger partial charge in [0, 0.05) is 22.5 Å². The van der Waals surface area contributed by atoms with E-state index in [-0.39, 0.29) is 22.4 Å². The zero-order chi connectivity index (χ0) is 16.9. The number of carbonyl (C=O) groups is 1. The molecule has 5 heteroatoms. The second-order valence-corrected chi connectivity index (χ2v) is 11.3. The lowest BCUT2D eigenvalue weighted by atomic mass is 9.72. The SMILES string of the molecule is CC(C)(C)C1=CC(=C2SCCS2(=O)=O)C=C(C(C)(C)C)C1=O. The van der Waals surface area contributed by atoms with Crippen molar-refractivity contribution in [2.75, 3.05) is 11.5 Å². The zero-order valence-electron chi connectivity index (χ0n) is 14.1. The summed E-state index contributed by atoms with van der Waals surface area (Å²) in [5.74, 6) is 0.804. The first-order valence-corrected chi connectivity index (χ1v) is 10.1. The maximum atomic E-state index is 12.8. The molecule has 1 saturated heterocycles. The molecule has 0 saturated carbocycles. The maximum absolute atomic E-state index is 12.8. The van der Waals surface area contributed by atoms with Crippen molar-refractivity contribution in [3.8, 4) is 0 Å². The quantitative estimate of drug-likeness (QED) is 0.671. The van der Waals surface area contributed by atoms with E-state index in [1.165, 1.54) is 11.8 Å². The first-order chi connectivity index (χ1) is 9.84. The number of carbonyl (C=O) groups excluding carboxylic acids is 1. The summed E-state index contributed by atoms with van der Waals surface area (Å²) in [5.41, 5.74) is 1.41. The van der Waals surface area contributed by atoms with Crippen molar-refractivity contribution < 1.29 is 13.2 Å². The monoisotopic (exact) mass is 340 g/mol. The van der Waals surface area contributed by atoms with Crippen LogP contribution < -0.4 is 0 Å². The molecule has 0 aromatic rings. The van der Waals surface area contributed by atoms with Gasteiger partial charge in [-0.3, -0.25) is 4.79 Å². The largest absolute Gasteiger partial charge is 0.289 e. The molecular weight excluding hydrogens is 316 g/mol. The molecule has 122 valence electrons. The molecule has 0 amide bonds. The van der Waals surface area contributed by atoms with Crippen molar-refractivity contribution >= 4 is 27.4 Å². The predicted octanol–water partition coefficient (Wildman–Crippen LogP) is 3.89. The van der Waals surface area contributed by atoms with Crippen LogP contribution >= 0.6 is 11.8 Å². The highest BCUT2D eigenvalue weighted by Crippen LogP contribution is 2.42. The van der Waals surface area contributed by atoms with E-state index in [0.717, 1.165) is 0 Å². The molecule has 0 aromatic carbocycles. The molecule has 0 unspecified atom stereocenters. The van der Waals surface area contributed by atoms with Crippen molar-refractivity contribution in [3.05, 3.63) is 33.1 Å². The van der Waals surface area contributed by atoms with Gasteiger partial charge in [-0.2, -0.15) is 0 Å². The summed E-state index contributed by atoms with van der Waals surface area (Å²) in [5, 5.41) is 0. The first-order valence-electron chi connectivity index (χ1n) is 7.43. The van der Waals surface area contributed by atoms with E-state index in [9.17, 15) is 13.2 Å². The van der Waals surface area contributed by atoms with E-state index in [0.29, 0.717) is 26.7 Å². The highest BCUT2D eigenvalue weighted by Gasteiger charge is 2.36. The van der Waals surface area contributed by atoms with Crippen molar-refractivity contribution in [2.24, 2.45) is 10.8 Å². The molecule has 0 spiro atoms. The number of ketones is 1. The number of thioether (sulfide) groups is 1. The highest BCUT2D eigenvalue weighted by molar-refractivity contribution is 8.21. The molecule has 1 heterocycles. The fraction of sp³-hybridized carbons (Fsp3) is 0.588. The number of allylic oxidation sites excluding steroid dienone is 5. The first kappa shape index (κ1) is 17.5. The van der Waals surface area contributed by atoms with Gasteiger partial charge in [-0.05, 0) is 23.0 Å². The van der Waals surface area contributed by atoms with Crippen LogP contribution in [0.25, 0.3) is 0 Å². The fourth-order valence-corrected chi connectivity index (χ4v) is 6.11. The van der Waals surface area contributed by atoms with Gasteiger partial charge in [0.25, 0.3) is 0 Å². The average Bonchev–Trinajstić information content (AvgIpc) is 2.66. The molecule has 1 aliphatic carbocycles. The molecule has 2 aliphatic rings. The van der Waals surface area contributed by atoms with Gasteiger partial charge in [0.15, 0.2) is 15.6 Å². The van der Waals surface area contributed by atoms with Gasteiger partial charge in [-0.1, -0.05) is 41.5 Å². The van der Waals surface area contributed by atoms with E-state index < -0.39 is 9.84 Å². The van der Waals surface area contributed by atoms with Gasteiger partial charge < -0.3 is 0 Å². The summed E-state index contributed by atoms with van der Waals surface area (Å²) in [6.45, 7) is 11.9. The Morgan fingerprint density at radius 1 is 0.955 bits per heavy atom. The Morgan fingerprint density at radius 3 is 1.73 bits per heavy atom. The second-order valence-electron chi connectivity index (χ2n) is 7.86. The van der Waals surface area contributed by atoms with Crippen LogP contribution in [-0.2, 0) is 14.6 Å². The molecule has 1 aliphatic heterocycles. The highest BCUT2D eigenvalue weighted by atomic mass is 32.3. The Labute approximate surface area is 137 Å². The summed E-state index contributed by atoms with van der Waals surface area (Å²) in [4.78, 5) is 12.8. The molecule has 2 rings (SSSR count). The third-order valence-corrected chi connectivity index (χ3v) is 7.63. The Bertz CT molecular complexity index is 670. The van der Waals surface area contributed by atoms with Crippen molar-refractivity contribution in [1.29, 1.82) is 0 Å². The lowest BCUT2D eigenvalue weighted by molar-refractivity contribution is -0.114. The van der Waals surface area contributed by atoms with Crippen LogP contribution in [0.5, 0.6) is 0 Å². The third kappa shape index (κ3) is 3.25. The van der Waals surface area contributed by atoms with Crippen LogP contribution in [0.1, 0.15) is 41.5 Å². The molecule has 3 nitrogen and oxygen atoms in total. The Morgan fingerprint density at radius 2 is 1.41 bits per heavy atom. The smallest absolute Gasteiger partial charge is 0.186 e. The minimum Gasteiger partial charge on any atom is -0.289 e. The third-order valence-electron chi connectivity index (χ3n) is 3.81. The fourth-order valence-electron chi connectivity index (χ4n) is 2.55. The van der Waals surface area contributed by atoms with Crippen molar-refractivity contribution in [1.82, 2.24) is 0 Å². The van der Waals surface area contributed by atoms with Gasteiger partial charge in [0.05, 0.1) is 5.75 Å². The molecule has 22 heavy (non-hydrogen) atoms. The van der Waals surface area contributed by atoms with E-state index in [1.807, 2.05) is 41.5 Å². The summed E-state index contributed by atoms with van der Waals surface area (Å²) in [6.07, 6.45) is 3.56. The van der Waals surface area contributed by atoms with Crippen LogP contribution in [0.4, 0.5) is 0 Å². The number of Topliss-reactive ketones (excluding diaryl/α,β-unsaturated/α-hetero) is 1. The number of hydrogen-bond donors (Lipinski definition) is 0. The van der Waals surface area contributed by atoms with Crippen molar-refractivity contribution in [2.45, 2.75) is 41.5 Å². The molecule has 0 radical (unpaired) electrons. The van der Waals surface area contributed by atoms with Gasteiger partial charge >= 0.3 is 0 Å². The molecule has 0 N–H and O–H groups in total. The predicted molar refractivity (Wildman–Crippen MR) is 93.4 cm³/mol. The molecule has 0 atom stereocenters. The van der Waals surface area contributed by atoms with Gasteiger partial charge in [0.1, 0.15) is 4.24 Å². The topological polar surface area (TPSA) is 51.2 Å². The van der Waals surface area contributed by atoms with E-state index in [2.05, 4.69) is 0 Å². The van der Waals surface area contributed by atoms with Gasteiger partial charge in [0.2, 0.25) is 0 Å². The minimum atomic E-state index is -3.20. The molecule has 0 bridgehead atoms. The number of hydrogen-bond acceptors (Lipinski definition) is 4. The molecular formula is C17H24O3S2. The van der Waals surface area contributed by atoms with Crippen LogP contribution in [-0.4, -0.2) is 25.7 Å². The van der Waals surface area contributed by atoms with E-state index >= 15 is 0 Å². The second kappa shape index (κ2) is 5.38.